The predicted octanol–water partition coefficient (Wildman–Crippen LogP) is 2.64. The zero-order valence-corrected chi connectivity index (χ0v) is 11.4. The largest absolute Gasteiger partial charge is 0.342 e. The van der Waals surface area contributed by atoms with Gasteiger partial charge in [0.25, 0.3) is 0 Å². The zero-order valence-electron chi connectivity index (χ0n) is 11.4. The second-order valence-corrected chi connectivity index (χ2v) is 5.64. The number of hydrogen-bond acceptors (Lipinski definition) is 2. The van der Waals surface area contributed by atoms with Crippen LogP contribution in [0.1, 0.15) is 52.9 Å². The average molecular weight is 239 g/mol. The summed E-state index contributed by atoms with van der Waals surface area (Å²) in [4.78, 5) is 24.5. The molecule has 0 aromatic carbocycles. The molecule has 1 rings (SSSR count). The SMILES string of the molecule is CC(=O)CCCC(C)CCC(=O)N1CC(C)C1. The lowest BCUT2D eigenvalue weighted by Crippen LogP contribution is -2.48. The first-order valence-electron chi connectivity index (χ1n) is 6.76. The molecule has 1 heterocycles. The minimum atomic E-state index is 0.267. The Balaban J connectivity index is 2.04. The number of ketones is 1. The third-order valence-corrected chi connectivity index (χ3v) is 3.49. The van der Waals surface area contributed by atoms with E-state index >= 15 is 0 Å². The predicted molar refractivity (Wildman–Crippen MR) is 68.7 cm³/mol. The number of likely N-dealkylation sites (tertiary alicyclic amines) is 1. The first kappa shape index (κ1) is 14.2. The summed E-state index contributed by atoms with van der Waals surface area (Å²) in [6.45, 7) is 7.87. The Morgan fingerprint density at radius 1 is 1.24 bits per heavy atom. The number of Topliss-reactive ketones (excluding diaryl/α,β-unsaturated/α-hetero) is 1. The van der Waals surface area contributed by atoms with Crippen molar-refractivity contribution in [2.24, 2.45) is 11.8 Å². The molecule has 0 bridgehead atoms. The molecule has 0 saturated carbocycles. The maximum absolute atomic E-state index is 11.7. The number of rotatable bonds is 7. The Labute approximate surface area is 105 Å². The van der Waals surface area contributed by atoms with Crippen molar-refractivity contribution in [3.05, 3.63) is 0 Å². The molecular weight excluding hydrogens is 214 g/mol. The third-order valence-electron chi connectivity index (χ3n) is 3.49. The number of carbonyl (C=O) groups is 2. The summed E-state index contributed by atoms with van der Waals surface area (Å²) in [7, 11) is 0. The summed E-state index contributed by atoms with van der Waals surface area (Å²) in [6, 6.07) is 0. The van der Waals surface area contributed by atoms with Gasteiger partial charge in [-0.2, -0.15) is 0 Å². The van der Waals surface area contributed by atoms with Crippen LogP contribution in [-0.2, 0) is 9.59 Å². The summed E-state index contributed by atoms with van der Waals surface area (Å²) in [5, 5.41) is 0. The lowest BCUT2D eigenvalue weighted by molar-refractivity contribution is -0.137. The maximum Gasteiger partial charge on any atom is 0.222 e. The highest BCUT2D eigenvalue weighted by molar-refractivity contribution is 5.77. The number of carbonyl (C=O) groups excluding carboxylic acids is 2. The monoisotopic (exact) mass is 239 g/mol. The molecule has 0 spiro atoms. The van der Waals surface area contributed by atoms with E-state index in [0.717, 1.165) is 32.4 Å². The highest BCUT2D eigenvalue weighted by atomic mass is 16.2. The van der Waals surface area contributed by atoms with Crippen LogP contribution in [0.3, 0.4) is 0 Å². The van der Waals surface area contributed by atoms with Crippen molar-refractivity contribution in [3.63, 3.8) is 0 Å². The van der Waals surface area contributed by atoms with Crippen molar-refractivity contribution in [1.82, 2.24) is 4.90 Å². The smallest absolute Gasteiger partial charge is 0.222 e. The Hall–Kier alpha value is -0.860. The highest BCUT2D eigenvalue weighted by Crippen LogP contribution is 2.19. The molecule has 0 N–H and O–H groups in total. The van der Waals surface area contributed by atoms with Gasteiger partial charge in [-0.3, -0.25) is 4.79 Å². The quantitative estimate of drug-likeness (QED) is 0.685. The Morgan fingerprint density at radius 2 is 1.88 bits per heavy atom. The van der Waals surface area contributed by atoms with Gasteiger partial charge in [0.2, 0.25) is 5.91 Å². The standard InChI is InChI=1S/C14H25NO2/c1-11(5-4-6-13(3)16)7-8-14(17)15-9-12(2)10-15/h11-12H,4-10H2,1-3H3. The van der Waals surface area contributed by atoms with E-state index in [9.17, 15) is 9.59 Å². The molecule has 0 aromatic rings. The fourth-order valence-electron chi connectivity index (χ4n) is 2.27. The first-order valence-corrected chi connectivity index (χ1v) is 6.76. The Morgan fingerprint density at radius 3 is 2.41 bits per heavy atom. The molecule has 0 radical (unpaired) electrons. The lowest BCUT2D eigenvalue weighted by atomic mass is 9.96. The molecular formula is C14H25NO2. The van der Waals surface area contributed by atoms with Gasteiger partial charge in [-0.25, -0.2) is 0 Å². The summed E-state index contributed by atoms with van der Waals surface area (Å²) < 4.78 is 0. The van der Waals surface area contributed by atoms with Crippen LogP contribution >= 0.6 is 0 Å². The topological polar surface area (TPSA) is 37.4 Å². The van der Waals surface area contributed by atoms with Gasteiger partial charge in [0, 0.05) is 25.9 Å². The molecule has 0 aliphatic carbocycles. The van der Waals surface area contributed by atoms with E-state index in [0.29, 0.717) is 30.6 Å². The normalized spacial score (nSPS) is 17.7. The van der Waals surface area contributed by atoms with Gasteiger partial charge < -0.3 is 9.69 Å². The maximum atomic E-state index is 11.7. The fourth-order valence-corrected chi connectivity index (χ4v) is 2.27. The van der Waals surface area contributed by atoms with Gasteiger partial charge in [0.15, 0.2) is 0 Å². The van der Waals surface area contributed by atoms with Gasteiger partial charge in [-0.1, -0.05) is 20.3 Å². The summed E-state index contributed by atoms with van der Waals surface area (Å²) in [5.41, 5.74) is 0. The molecule has 1 aliphatic rings. The Kier molecular flexibility index (Phi) is 5.66. The molecule has 0 aromatic heterocycles. The van der Waals surface area contributed by atoms with Crippen molar-refractivity contribution in [2.45, 2.75) is 52.9 Å². The number of amides is 1. The third kappa shape index (κ3) is 5.33. The van der Waals surface area contributed by atoms with E-state index in [4.69, 9.17) is 0 Å². The molecule has 1 atom stereocenters. The summed E-state index contributed by atoms with van der Waals surface area (Å²) in [5.74, 6) is 1.81. The average Bonchev–Trinajstić information content (AvgIpc) is 2.21. The van der Waals surface area contributed by atoms with Crippen molar-refractivity contribution in [1.29, 1.82) is 0 Å². The molecule has 1 unspecified atom stereocenters. The van der Waals surface area contributed by atoms with Gasteiger partial charge in [-0.05, 0) is 31.6 Å². The molecule has 3 nitrogen and oxygen atoms in total. The van der Waals surface area contributed by atoms with Gasteiger partial charge >= 0.3 is 0 Å². The molecule has 1 aliphatic heterocycles. The van der Waals surface area contributed by atoms with Crippen LogP contribution < -0.4 is 0 Å². The molecule has 98 valence electrons. The van der Waals surface area contributed by atoms with Crippen molar-refractivity contribution in [3.8, 4) is 0 Å². The van der Waals surface area contributed by atoms with E-state index in [2.05, 4.69) is 13.8 Å². The van der Waals surface area contributed by atoms with Crippen LogP contribution in [-0.4, -0.2) is 29.7 Å². The van der Waals surface area contributed by atoms with E-state index < -0.39 is 0 Å². The van der Waals surface area contributed by atoms with E-state index in [1.54, 1.807) is 6.92 Å². The van der Waals surface area contributed by atoms with Crippen LogP contribution in [0, 0.1) is 11.8 Å². The van der Waals surface area contributed by atoms with Crippen molar-refractivity contribution >= 4 is 11.7 Å². The molecule has 1 amide bonds. The summed E-state index contributed by atoms with van der Waals surface area (Å²) in [6.07, 6.45) is 4.34. The summed E-state index contributed by atoms with van der Waals surface area (Å²) >= 11 is 0. The fraction of sp³-hybridized carbons (Fsp3) is 0.857. The minimum Gasteiger partial charge on any atom is -0.342 e. The van der Waals surface area contributed by atoms with Gasteiger partial charge in [-0.15, -0.1) is 0 Å². The Bertz CT molecular complexity index is 269. The number of nitrogens with zero attached hydrogens (tertiary/aromatic N) is 1. The van der Waals surface area contributed by atoms with Gasteiger partial charge in [0.05, 0.1) is 0 Å². The second-order valence-electron chi connectivity index (χ2n) is 5.64. The molecule has 3 heteroatoms. The van der Waals surface area contributed by atoms with Gasteiger partial charge in [0.1, 0.15) is 5.78 Å². The zero-order chi connectivity index (χ0) is 12.8. The van der Waals surface area contributed by atoms with Crippen LogP contribution in [0.25, 0.3) is 0 Å². The van der Waals surface area contributed by atoms with Crippen LogP contribution in [0.15, 0.2) is 0 Å². The molecule has 17 heavy (non-hydrogen) atoms. The lowest BCUT2D eigenvalue weighted by Gasteiger charge is -2.37. The number of hydrogen-bond donors (Lipinski definition) is 0. The first-order chi connectivity index (χ1) is 7.99. The van der Waals surface area contributed by atoms with Crippen LogP contribution in [0.2, 0.25) is 0 Å². The van der Waals surface area contributed by atoms with Crippen molar-refractivity contribution in [2.75, 3.05) is 13.1 Å². The van der Waals surface area contributed by atoms with E-state index in [1.807, 2.05) is 4.90 Å². The van der Waals surface area contributed by atoms with Crippen molar-refractivity contribution < 1.29 is 9.59 Å². The van der Waals surface area contributed by atoms with E-state index in [1.165, 1.54) is 0 Å². The highest BCUT2D eigenvalue weighted by Gasteiger charge is 2.26. The van der Waals surface area contributed by atoms with Crippen LogP contribution in [0.5, 0.6) is 0 Å². The van der Waals surface area contributed by atoms with Crippen LogP contribution in [0.4, 0.5) is 0 Å². The van der Waals surface area contributed by atoms with E-state index in [-0.39, 0.29) is 5.78 Å². The second kappa shape index (κ2) is 6.77. The molecule has 1 saturated heterocycles. The minimum absolute atomic E-state index is 0.267. The molecule has 1 fully saturated rings.